The first-order valence-electron chi connectivity index (χ1n) is 6.79. The van der Waals surface area contributed by atoms with E-state index in [0.717, 1.165) is 25.0 Å². The van der Waals surface area contributed by atoms with Crippen LogP contribution in [0, 0.1) is 5.92 Å². The molecule has 0 spiro atoms. The molecule has 0 radical (unpaired) electrons. The number of nitrogens with zero attached hydrogens (tertiary/aromatic N) is 1. The molecule has 7 heteroatoms. The Balaban J connectivity index is 1.96. The van der Waals surface area contributed by atoms with Crippen LogP contribution in [0.4, 0.5) is 0 Å². The number of hydrogen-bond acceptors (Lipinski definition) is 3. The second-order valence-corrected chi connectivity index (χ2v) is 5.90. The van der Waals surface area contributed by atoms with Gasteiger partial charge in [0.25, 0.3) is 5.91 Å². The summed E-state index contributed by atoms with van der Waals surface area (Å²) < 4.78 is 0.694. The van der Waals surface area contributed by atoms with Gasteiger partial charge in [0.05, 0.1) is 16.1 Å². The smallest absolute Gasteiger partial charge is 0.308 e. The van der Waals surface area contributed by atoms with Crippen LogP contribution in [0.1, 0.15) is 54.7 Å². The maximum Gasteiger partial charge on any atom is 0.308 e. The van der Waals surface area contributed by atoms with E-state index in [0.29, 0.717) is 22.5 Å². The van der Waals surface area contributed by atoms with Gasteiger partial charge in [-0.05, 0) is 35.2 Å². The van der Waals surface area contributed by atoms with Gasteiger partial charge >= 0.3 is 5.97 Å². The quantitative estimate of drug-likeness (QED) is 0.707. The maximum absolute atomic E-state index is 12.0. The molecule has 110 valence electrons. The van der Waals surface area contributed by atoms with Gasteiger partial charge in [-0.2, -0.15) is 5.10 Å². The van der Waals surface area contributed by atoms with E-state index in [-0.39, 0.29) is 12.5 Å². The highest BCUT2D eigenvalue weighted by atomic mass is 79.9. The van der Waals surface area contributed by atoms with E-state index in [9.17, 15) is 9.59 Å². The lowest BCUT2D eigenvalue weighted by Gasteiger charge is -2.11. The number of amides is 1. The first kappa shape index (κ1) is 15.0. The van der Waals surface area contributed by atoms with Crippen molar-refractivity contribution in [1.29, 1.82) is 0 Å². The van der Waals surface area contributed by atoms with Crippen molar-refractivity contribution >= 4 is 27.8 Å². The van der Waals surface area contributed by atoms with Crippen molar-refractivity contribution in [3.63, 3.8) is 0 Å². The molecule has 1 aromatic rings. The molecule has 0 aliphatic heterocycles. The molecule has 1 fully saturated rings. The van der Waals surface area contributed by atoms with Crippen molar-refractivity contribution < 1.29 is 14.7 Å². The minimum absolute atomic E-state index is 0.125. The second-order valence-electron chi connectivity index (χ2n) is 5.11. The standard InChI is InChI=1S/C13H18BrN3O3/c1-2-3-8(13(19)20)6-15-12(18)11-9(14)10(16-17-11)7-4-5-7/h7-8H,2-6H2,1H3,(H,15,18)(H,16,17)(H,19,20). The zero-order chi connectivity index (χ0) is 14.7. The zero-order valence-electron chi connectivity index (χ0n) is 11.3. The Morgan fingerprint density at radius 3 is 2.80 bits per heavy atom. The van der Waals surface area contributed by atoms with Crippen molar-refractivity contribution in [3.8, 4) is 0 Å². The van der Waals surface area contributed by atoms with Crippen LogP contribution in [0.3, 0.4) is 0 Å². The zero-order valence-corrected chi connectivity index (χ0v) is 12.9. The van der Waals surface area contributed by atoms with Crippen LogP contribution in [-0.4, -0.2) is 33.7 Å². The van der Waals surface area contributed by atoms with Crippen LogP contribution in [-0.2, 0) is 4.79 Å². The highest BCUT2D eigenvalue weighted by Crippen LogP contribution is 2.42. The summed E-state index contributed by atoms with van der Waals surface area (Å²) in [5.41, 5.74) is 1.26. The van der Waals surface area contributed by atoms with E-state index in [1.165, 1.54) is 0 Å². The van der Waals surface area contributed by atoms with Crippen molar-refractivity contribution in [2.24, 2.45) is 5.92 Å². The lowest BCUT2D eigenvalue weighted by atomic mass is 10.0. The van der Waals surface area contributed by atoms with Gasteiger partial charge in [0.1, 0.15) is 0 Å². The Morgan fingerprint density at radius 1 is 1.55 bits per heavy atom. The fraction of sp³-hybridized carbons (Fsp3) is 0.615. The Hall–Kier alpha value is -1.37. The van der Waals surface area contributed by atoms with Crippen LogP contribution >= 0.6 is 15.9 Å². The van der Waals surface area contributed by atoms with Gasteiger partial charge in [0.2, 0.25) is 0 Å². The Bertz CT molecular complexity index is 511. The molecule has 1 aliphatic carbocycles. The molecular weight excluding hydrogens is 326 g/mol. The molecule has 1 heterocycles. The first-order valence-corrected chi connectivity index (χ1v) is 7.58. The summed E-state index contributed by atoms with van der Waals surface area (Å²) in [7, 11) is 0. The summed E-state index contributed by atoms with van der Waals surface area (Å²) in [4.78, 5) is 23.1. The van der Waals surface area contributed by atoms with Gasteiger partial charge < -0.3 is 10.4 Å². The largest absolute Gasteiger partial charge is 0.481 e. The third kappa shape index (κ3) is 3.39. The van der Waals surface area contributed by atoms with Crippen molar-refractivity contribution in [2.75, 3.05) is 6.54 Å². The third-order valence-electron chi connectivity index (χ3n) is 3.43. The number of H-pyrrole nitrogens is 1. The molecule has 2 rings (SSSR count). The minimum Gasteiger partial charge on any atom is -0.481 e. The van der Waals surface area contributed by atoms with Gasteiger partial charge in [0, 0.05) is 12.5 Å². The van der Waals surface area contributed by atoms with Gasteiger partial charge in [-0.15, -0.1) is 0 Å². The summed E-state index contributed by atoms with van der Waals surface area (Å²) in [6, 6.07) is 0. The minimum atomic E-state index is -0.882. The Kier molecular flexibility index (Phi) is 4.80. The predicted molar refractivity (Wildman–Crippen MR) is 76.6 cm³/mol. The number of hydrogen-bond donors (Lipinski definition) is 3. The van der Waals surface area contributed by atoms with Gasteiger partial charge in [-0.3, -0.25) is 14.7 Å². The van der Waals surface area contributed by atoms with Crippen molar-refractivity contribution in [1.82, 2.24) is 15.5 Å². The number of rotatable bonds is 7. The van der Waals surface area contributed by atoms with E-state index in [4.69, 9.17) is 5.11 Å². The average Bonchev–Trinajstić information content (AvgIpc) is 3.17. The van der Waals surface area contributed by atoms with E-state index in [1.807, 2.05) is 6.92 Å². The van der Waals surface area contributed by atoms with E-state index < -0.39 is 11.9 Å². The number of halogens is 1. The average molecular weight is 344 g/mol. The normalized spacial score (nSPS) is 15.9. The Labute approximate surface area is 125 Å². The summed E-state index contributed by atoms with van der Waals surface area (Å²) >= 11 is 3.39. The van der Waals surface area contributed by atoms with Crippen LogP contribution in [0.25, 0.3) is 0 Å². The van der Waals surface area contributed by atoms with Crippen LogP contribution in [0.2, 0.25) is 0 Å². The lowest BCUT2D eigenvalue weighted by Crippen LogP contribution is -2.33. The summed E-state index contributed by atoms with van der Waals surface area (Å²) in [5.74, 6) is -1.32. The molecule has 1 unspecified atom stereocenters. The van der Waals surface area contributed by atoms with Gasteiger partial charge in [0.15, 0.2) is 5.69 Å². The molecule has 1 amide bonds. The Morgan fingerprint density at radius 2 is 2.25 bits per heavy atom. The molecular formula is C13H18BrN3O3. The first-order chi connectivity index (χ1) is 9.54. The number of carbonyl (C=O) groups is 2. The van der Waals surface area contributed by atoms with Gasteiger partial charge in [-0.25, -0.2) is 0 Å². The number of aromatic amines is 1. The third-order valence-corrected chi connectivity index (χ3v) is 4.23. The second kappa shape index (κ2) is 6.39. The van der Waals surface area contributed by atoms with E-state index in [1.54, 1.807) is 0 Å². The molecule has 20 heavy (non-hydrogen) atoms. The summed E-state index contributed by atoms with van der Waals surface area (Å²) in [6.07, 6.45) is 3.54. The van der Waals surface area contributed by atoms with Gasteiger partial charge in [-0.1, -0.05) is 13.3 Å². The topological polar surface area (TPSA) is 95.1 Å². The molecule has 1 saturated carbocycles. The number of carbonyl (C=O) groups excluding carboxylic acids is 1. The number of nitrogens with one attached hydrogen (secondary N) is 2. The summed E-state index contributed by atoms with van der Waals surface area (Å²) in [6.45, 7) is 2.05. The highest BCUT2D eigenvalue weighted by molar-refractivity contribution is 9.10. The SMILES string of the molecule is CCCC(CNC(=O)c1n[nH]c(C2CC2)c1Br)C(=O)O. The van der Waals surface area contributed by atoms with Crippen LogP contribution in [0.15, 0.2) is 4.47 Å². The fourth-order valence-corrected chi connectivity index (χ4v) is 2.78. The molecule has 3 N–H and O–H groups in total. The molecule has 1 aromatic heterocycles. The number of carboxylic acids is 1. The maximum atomic E-state index is 12.0. The highest BCUT2D eigenvalue weighted by Gasteiger charge is 2.30. The fourth-order valence-electron chi connectivity index (χ4n) is 2.10. The molecule has 0 saturated heterocycles. The monoisotopic (exact) mass is 343 g/mol. The number of carboxylic acid groups (broad SMARTS) is 1. The van der Waals surface area contributed by atoms with Crippen LogP contribution in [0.5, 0.6) is 0 Å². The molecule has 0 bridgehead atoms. The van der Waals surface area contributed by atoms with Crippen molar-refractivity contribution in [2.45, 2.75) is 38.5 Å². The number of aliphatic carboxylic acids is 1. The van der Waals surface area contributed by atoms with Crippen LogP contribution < -0.4 is 5.32 Å². The van der Waals surface area contributed by atoms with Crippen molar-refractivity contribution in [3.05, 3.63) is 15.9 Å². The lowest BCUT2D eigenvalue weighted by molar-refractivity contribution is -0.141. The number of aromatic nitrogens is 2. The molecule has 0 aromatic carbocycles. The van der Waals surface area contributed by atoms with E-state index in [2.05, 4.69) is 31.4 Å². The predicted octanol–water partition coefficient (Wildman–Crippen LogP) is 2.28. The molecule has 1 atom stereocenters. The van der Waals surface area contributed by atoms with E-state index >= 15 is 0 Å². The molecule has 1 aliphatic rings. The summed E-state index contributed by atoms with van der Waals surface area (Å²) in [5, 5.41) is 18.6. The molecule has 6 nitrogen and oxygen atoms in total.